The van der Waals surface area contributed by atoms with E-state index >= 15 is 0 Å². The van der Waals surface area contributed by atoms with Gasteiger partial charge in [-0.1, -0.05) is 0 Å². The molecule has 0 aliphatic rings. The van der Waals surface area contributed by atoms with Gasteiger partial charge < -0.3 is 14.6 Å². The Morgan fingerprint density at radius 1 is 1.11 bits per heavy atom. The molecule has 0 amide bonds. The third kappa shape index (κ3) is 2.35. The molecule has 18 heavy (non-hydrogen) atoms. The Hall–Kier alpha value is -2.28. The average molecular weight is 248 g/mol. The largest absolute Gasteiger partial charge is 0.480 e. The predicted molar refractivity (Wildman–Crippen MR) is 61.2 cm³/mol. The molecule has 0 aliphatic heterocycles. The van der Waals surface area contributed by atoms with E-state index in [0.29, 0.717) is 11.4 Å². The molecule has 2 heterocycles. The highest BCUT2D eigenvalue weighted by Gasteiger charge is 2.19. The van der Waals surface area contributed by atoms with Crippen LogP contribution in [0.15, 0.2) is 24.9 Å². The Kier molecular flexibility index (Phi) is 3.63. The van der Waals surface area contributed by atoms with E-state index in [9.17, 15) is 5.11 Å². The van der Waals surface area contributed by atoms with E-state index in [2.05, 4.69) is 19.9 Å². The van der Waals surface area contributed by atoms with Gasteiger partial charge in [0.05, 0.1) is 20.4 Å². The minimum absolute atomic E-state index is 0.200. The zero-order chi connectivity index (χ0) is 13.0. The van der Waals surface area contributed by atoms with Gasteiger partial charge in [0.15, 0.2) is 0 Å². The van der Waals surface area contributed by atoms with Crippen molar-refractivity contribution in [2.45, 2.75) is 6.10 Å². The third-order valence-corrected chi connectivity index (χ3v) is 2.30. The number of rotatable bonds is 4. The lowest BCUT2D eigenvalue weighted by Gasteiger charge is -2.12. The van der Waals surface area contributed by atoms with Gasteiger partial charge in [0.25, 0.3) is 0 Å². The van der Waals surface area contributed by atoms with E-state index in [1.807, 2.05) is 0 Å². The summed E-state index contributed by atoms with van der Waals surface area (Å²) in [4.78, 5) is 15.8. The molecule has 0 aliphatic carbocycles. The van der Waals surface area contributed by atoms with Gasteiger partial charge in [0.2, 0.25) is 11.8 Å². The van der Waals surface area contributed by atoms with Crippen LogP contribution in [0.5, 0.6) is 11.8 Å². The molecule has 2 aromatic heterocycles. The van der Waals surface area contributed by atoms with Crippen LogP contribution in [0.2, 0.25) is 0 Å². The Bertz CT molecular complexity index is 521. The average Bonchev–Trinajstić information content (AvgIpc) is 2.46. The molecule has 1 atom stereocenters. The summed E-state index contributed by atoms with van der Waals surface area (Å²) in [7, 11) is 2.92. The fourth-order valence-corrected chi connectivity index (χ4v) is 1.41. The molecule has 94 valence electrons. The van der Waals surface area contributed by atoms with Crippen LogP contribution in [0.1, 0.15) is 17.4 Å². The van der Waals surface area contributed by atoms with Crippen LogP contribution in [-0.4, -0.2) is 39.3 Å². The Labute approximate surface area is 103 Å². The Morgan fingerprint density at radius 2 is 1.83 bits per heavy atom. The first-order valence-corrected chi connectivity index (χ1v) is 5.14. The summed E-state index contributed by atoms with van der Waals surface area (Å²) in [5.74, 6) is 0.512. The molecule has 2 aromatic rings. The maximum atomic E-state index is 10.2. The second-order valence-corrected chi connectivity index (χ2v) is 3.38. The molecule has 0 aromatic carbocycles. The Morgan fingerprint density at radius 3 is 2.44 bits per heavy atom. The number of hydrogen-bond acceptors (Lipinski definition) is 7. The first kappa shape index (κ1) is 12.2. The van der Waals surface area contributed by atoms with Gasteiger partial charge in [0, 0.05) is 18.0 Å². The quantitative estimate of drug-likeness (QED) is 0.835. The smallest absolute Gasteiger partial charge is 0.241 e. The van der Waals surface area contributed by atoms with E-state index in [4.69, 9.17) is 9.47 Å². The van der Waals surface area contributed by atoms with Crippen molar-refractivity contribution in [2.75, 3.05) is 14.2 Å². The summed E-state index contributed by atoms with van der Waals surface area (Å²) < 4.78 is 10.0. The van der Waals surface area contributed by atoms with Gasteiger partial charge in [-0.25, -0.2) is 15.0 Å². The van der Waals surface area contributed by atoms with Crippen molar-refractivity contribution in [3.8, 4) is 11.8 Å². The third-order valence-electron chi connectivity index (χ3n) is 2.30. The molecular formula is C11H12N4O3. The van der Waals surface area contributed by atoms with Crippen LogP contribution in [0.25, 0.3) is 0 Å². The van der Waals surface area contributed by atoms with E-state index < -0.39 is 6.10 Å². The van der Waals surface area contributed by atoms with Crippen molar-refractivity contribution in [3.05, 3.63) is 36.2 Å². The summed E-state index contributed by atoms with van der Waals surface area (Å²) in [5, 5.41) is 10.2. The minimum atomic E-state index is -1.00. The number of aliphatic hydroxyl groups excluding tert-OH is 1. The lowest BCUT2D eigenvalue weighted by molar-refractivity contribution is 0.206. The number of nitrogens with zero attached hydrogens (tertiary/aromatic N) is 4. The zero-order valence-corrected chi connectivity index (χ0v) is 9.94. The number of ether oxygens (including phenoxy) is 2. The lowest BCUT2D eigenvalue weighted by atomic mass is 10.1. The molecule has 2 rings (SSSR count). The predicted octanol–water partition coefficient (Wildman–Crippen LogP) is 0.365. The van der Waals surface area contributed by atoms with Gasteiger partial charge in [-0.3, -0.25) is 0 Å². The van der Waals surface area contributed by atoms with Crippen molar-refractivity contribution < 1.29 is 14.6 Å². The highest BCUT2D eigenvalue weighted by Crippen LogP contribution is 2.27. The highest BCUT2D eigenvalue weighted by molar-refractivity contribution is 5.30. The molecule has 1 N–H and O–H groups in total. The number of aromatic nitrogens is 4. The summed E-state index contributed by atoms with van der Waals surface area (Å²) in [6, 6.07) is 0. The van der Waals surface area contributed by atoms with Crippen LogP contribution in [0.4, 0.5) is 0 Å². The SMILES string of the molecule is COc1cnc(C(O)c2cncnc2)c(OC)n1. The summed E-state index contributed by atoms with van der Waals surface area (Å²) >= 11 is 0. The first-order chi connectivity index (χ1) is 8.76. The first-order valence-electron chi connectivity index (χ1n) is 5.14. The van der Waals surface area contributed by atoms with Gasteiger partial charge >= 0.3 is 0 Å². The van der Waals surface area contributed by atoms with Gasteiger partial charge in [0.1, 0.15) is 18.1 Å². The standard InChI is InChI=1S/C11H12N4O3/c1-17-8-5-14-9(11(15-8)18-2)10(16)7-3-12-6-13-4-7/h3-6,10,16H,1-2H3. The van der Waals surface area contributed by atoms with Crippen LogP contribution in [0.3, 0.4) is 0 Å². The van der Waals surface area contributed by atoms with Crippen molar-refractivity contribution >= 4 is 0 Å². The molecule has 0 bridgehead atoms. The van der Waals surface area contributed by atoms with Gasteiger partial charge in [-0.05, 0) is 0 Å². The van der Waals surface area contributed by atoms with Crippen molar-refractivity contribution in [1.29, 1.82) is 0 Å². The van der Waals surface area contributed by atoms with Gasteiger partial charge in [-0.2, -0.15) is 4.98 Å². The fourth-order valence-electron chi connectivity index (χ4n) is 1.41. The fraction of sp³-hybridized carbons (Fsp3) is 0.273. The van der Waals surface area contributed by atoms with Crippen LogP contribution in [-0.2, 0) is 0 Å². The van der Waals surface area contributed by atoms with Gasteiger partial charge in [-0.15, -0.1) is 0 Å². The monoisotopic (exact) mass is 248 g/mol. The van der Waals surface area contributed by atoms with Crippen molar-refractivity contribution in [2.24, 2.45) is 0 Å². The highest BCUT2D eigenvalue weighted by atomic mass is 16.5. The van der Waals surface area contributed by atoms with Crippen molar-refractivity contribution in [1.82, 2.24) is 19.9 Å². The van der Waals surface area contributed by atoms with Crippen molar-refractivity contribution in [3.63, 3.8) is 0 Å². The molecule has 0 saturated carbocycles. The normalized spacial score (nSPS) is 11.9. The van der Waals surface area contributed by atoms with E-state index in [0.717, 1.165) is 0 Å². The zero-order valence-electron chi connectivity index (χ0n) is 9.94. The van der Waals surface area contributed by atoms with E-state index in [-0.39, 0.29) is 11.6 Å². The topological polar surface area (TPSA) is 90.2 Å². The number of methoxy groups -OCH3 is 2. The molecule has 0 fully saturated rings. The van der Waals surface area contributed by atoms with Crippen LogP contribution in [0, 0.1) is 0 Å². The summed E-state index contributed by atoms with van der Waals surface area (Å²) in [6.45, 7) is 0. The second kappa shape index (κ2) is 5.37. The molecule has 0 radical (unpaired) electrons. The number of hydrogen-bond donors (Lipinski definition) is 1. The summed E-state index contributed by atoms with van der Waals surface area (Å²) in [6.07, 6.45) is 4.80. The molecule has 0 spiro atoms. The van der Waals surface area contributed by atoms with Crippen LogP contribution < -0.4 is 9.47 Å². The van der Waals surface area contributed by atoms with E-state index in [1.54, 1.807) is 0 Å². The lowest BCUT2D eigenvalue weighted by Crippen LogP contribution is -2.07. The molecule has 0 saturated heterocycles. The Balaban J connectivity index is 2.38. The molecule has 1 unspecified atom stereocenters. The van der Waals surface area contributed by atoms with Crippen LogP contribution >= 0.6 is 0 Å². The second-order valence-electron chi connectivity index (χ2n) is 3.38. The maximum Gasteiger partial charge on any atom is 0.241 e. The summed E-state index contributed by atoms with van der Waals surface area (Å²) in [5.41, 5.74) is 0.795. The molecular weight excluding hydrogens is 236 g/mol. The maximum absolute atomic E-state index is 10.2. The minimum Gasteiger partial charge on any atom is -0.480 e. The molecule has 7 nitrogen and oxygen atoms in total. The van der Waals surface area contributed by atoms with E-state index in [1.165, 1.54) is 39.1 Å². The number of aliphatic hydroxyl groups is 1. The molecule has 7 heteroatoms.